The largest absolute Gasteiger partial charge is 0.464 e. The first-order valence-electron chi connectivity index (χ1n) is 7.81. The van der Waals surface area contributed by atoms with E-state index in [0.29, 0.717) is 18.9 Å². The van der Waals surface area contributed by atoms with E-state index in [1.165, 1.54) is 4.90 Å². The number of carbonyl (C=O) groups is 4. The summed E-state index contributed by atoms with van der Waals surface area (Å²) in [5.74, 6) is 0. The first kappa shape index (κ1) is 20.4. The van der Waals surface area contributed by atoms with Gasteiger partial charge in [0.2, 0.25) is 6.35 Å². The van der Waals surface area contributed by atoms with Crippen LogP contribution in [0, 0.1) is 0 Å². The first-order valence-corrected chi connectivity index (χ1v) is 7.81. The molecule has 0 aromatic heterocycles. The van der Waals surface area contributed by atoms with Crippen LogP contribution in [0.3, 0.4) is 0 Å². The van der Waals surface area contributed by atoms with Crippen LogP contribution < -0.4 is 0 Å². The van der Waals surface area contributed by atoms with Gasteiger partial charge in [-0.15, -0.1) is 4.99 Å². The quantitative estimate of drug-likeness (QED) is 0.326. The zero-order valence-corrected chi connectivity index (χ0v) is 13.7. The third-order valence-electron chi connectivity index (χ3n) is 2.85. The van der Waals surface area contributed by atoms with Crippen LogP contribution in [-0.2, 0) is 33.4 Å². The predicted octanol–water partition coefficient (Wildman–Crippen LogP) is -0.297. The van der Waals surface area contributed by atoms with Crippen LogP contribution in [0.2, 0.25) is 0 Å². The van der Waals surface area contributed by atoms with Crippen LogP contribution in [0.25, 0.3) is 0 Å². The molecule has 0 spiro atoms. The molecule has 0 aromatic carbocycles. The summed E-state index contributed by atoms with van der Waals surface area (Å²) in [5, 5.41) is 0. The van der Waals surface area contributed by atoms with Crippen LogP contribution in [0.15, 0.2) is 9.98 Å². The van der Waals surface area contributed by atoms with Crippen molar-refractivity contribution in [3.05, 3.63) is 0 Å². The smallest absolute Gasteiger partial charge is 0.320 e. The second-order valence-electron chi connectivity index (χ2n) is 4.71. The number of hydrogen-bond acceptors (Lipinski definition) is 10. The molecule has 0 saturated heterocycles. The average Bonchev–Trinajstić information content (AvgIpc) is 2.61. The number of amidine groups is 2. The number of carbonyl (C=O) groups excluding carboxylic acids is 4. The molecular weight excluding hydrogens is 334 g/mol. The minimum Gasteiger partial charge on any atom is -0.464 e. The van der Waals surface area contributed by atoms with Gasteiger partial charge in [-0.2, -0.15) is 4.99 Å². The van der Waals surface area contributed by atoms with Gasteiger partial charge in [-0.25, -0.2) is 0 Å². The van der Waals surface area contributed by atoms with E-state index in [-0.39, 0.29) is 64.1 Å². The third-order valence-corrected chi connectivity index (χ3v) is 2.85. The Balaban J connectivity index is 2.89. The topological polar surface area (TPSA) is 124 Å². The number of nitrogens with zero attached hydrogens (tertiary/aromatic N) is 3. The van der Waals surface area contributed by atoms with Crippen LogP contribution >= 0.6 is 0 Å². The van der Waals surface area contributed by atoms with Gasteiger partial charge in [0.05, 0.1) is 19.8 Å². The second-order valence-corrected chi connectivity index (χ2v) is 4.71. The van der Waals surface area contributed by atoms with E-state index < -0.39 is 6.35 Å². The van der Waals surface area contributed by atoms with Gasteiger partial charge in [-0.05, 0) is 0 Å². The van der Waals surface area contributed by atoms with E-state index >= 15 is 0 Å². The number of aldehydes is 4. The van der Waals surface area contributed by atoms with Crippen molar-refractivity contribution in [2.45, 2.75) is 32.0 Å². The summed E-state index contributed by atoms with van der Waals surface area (Å²) in [6.45, 7) is 0.504. The lowest BCUT2D eigenvalue weighted by Crippen LogP contribution is -2.46. The molecule has 0 radical (unpaired) electrons. The molecule has 25 heavy (non-hydrogen) atoms. The number of aliphatic imine (C=N–C) groups is 2. The fourth-order valence-corrected chi connectivity index (χ4v) is 1.76. The summed E-state index contributed by atoms with van der Waals surface area (Å²) < 4.78 is 16.3. The van der Waals surface area contributed by atoms with Crippen LogP contribution in [0.1, 0.15) is 25.7 Å². The Bertz CT molecular complexity index is 507. The van der Waals surface area contributed by atoms with Crippen LogP contribution in [0.4, 0.5) is 0 Å². The fraction of sp³-hybridized carbons (Fsp3) is 0.600. The molecule has 0 aromatic rings. The number of hydrogen-bond donors (Lipinski definition) is 0. The van der Waals surface area contributed by atoms with Crippen LogP contribution in [0.5, 0.6) is 0 Å². The van der Waals surface area contributed by atoms with Gasteiger partial charge in [-0.3, -0.25) is 4.90 Å². The van der Waals surface area contributed by atoms with Gasteiger partial charge < -0.3 is 33.4 Å². The summed E-state index contributed by atoms with van der Waals surface area (Å²) in [6, 6.07) is 0.0531. The Labute approximate surface area is 144 Å². The summed E-state index contributed by atoms with van der Waals surface area (Å²) in [6.07, 6.45) is 2.63. The Kier molecular flexibility index (Phi) is 10.4. The van der Waals surface area contributed by atoms with Crippen molar-refractivity contribution < 1.29 is 33.4 Å². The van der Waals surface area contributed by atoms with E-state index in [2.05, 4.69) is 9.98 Å². The third kappa shape index (κ3) is 7.66. The molecule has 1 aliphatic rings. The number of rotatable bonds is 13. The maximum atomic E-state index is 10.7. The van der Waals surface area contributed by atoms with Gasteiger partial charge in [-0.1, -0.05) is 0 Å². The fourth-order valence-electron chi connectivity index (χ4n) is 1.76. The molecule has 1 unspecified atom stereocenters. The maximum absolute atomic E-state index is 10.7. The molecule has 0 bridgehead atoms. The zero-order chi connectivity index (χ0) is 18.3. The van der Waals surface area contributed by atoms with Gasteiger partial charge in [0.15, 0.2) is 0 Å². The van der Waals surface area contributed by atoms with E-state index in [1.807, 2.05) is 0 Å². The Morgan fingerprint density at radius 3 is 2.08 bits per heavy atom. The summed E-state index contributed by atoms with van der Waals surface area (Å²) in [7, 11) is 0. The van der Waals surface area contributed by atoms with Crippen molar-refractivity contribution in [1.29, 1.82) is 0 Å². The number of ether oxygens (including phenoxy) is 3. The van der Waals surface area contributed by atoms with E-state index in [0.717, 1.165) is 6.29 Å². The second kappa shape index (κ2) is 12.8. The Morgan fingerprint density at radius 2 is 1.44 bits per heavy atom. The first-order chi connectivity index (χ1) is 12.3. The molecule has 0 amide bonds. The molecule has 0 N–H and O–H groups in total. The van der Waals surface area contributed by atoms with Crippen LogP contribution in [-0.4, -0.2) is 74.8 Å². The molecule has 1 aliphatic heterocycles. The van der Waals surface area contributed by atoms with E-state index in [4.69, 9.17) is 14.2 Å². The average molecular weight is 355 g/mol. The van der Waals surface area contributed by atoms with E-state index in [1.54, 1.807) is 0 Å². The minimum absolute atomic E-state index is 0.0404. The summed E-state index contributed by atoms with van der Waals surface area (Å²) in [5.41, 5.74) is 0. The van der Waals surface area contributed by atoms with Crippen molar-refractivity contribution in [2.75, 3.05) is 26.4 Å². The minimum atomic E-state index is -0.894. The molecule has 0 aliphatic carbocycles. The van der Waals surface area contributed by atoms with Crippen molar-refractivity contribution >= 4 is 37.2 Å². The maximum Gasteiger partial charge on any atom is 0.320 e. The molecule has 138 valence electrons. The zero-order valence-electron chi connectivity index (χ0n) is 13.7. The summed E-state index contributed by atoms with van der Waals surface area (Å²) in [4.78, 5) is 51.7. The monoisotopic (exact) mass is 355 g/mol. The molecule has 0 saturated carbocycles. The Morgan fingerprint density at radius 1 is 0.840 bits per heavy atom. The van der Waals surface area contributed by atoms with Crippen molar-refractivity contribution in [1.82, 2.24) is 4.90 Å². The molecule has 10 heteroatoms. The van der Waals surface area contributed by atoms with Gasteiger partial charge >= 0.3 is 6.02 Å². The van der Waals surface area contributed by atoms with Gasteiger partial charge in [0.25, 0.3) is 6.02 Å². The van der Waals surface area contributed by atoms with Gasteiger partial charge in [0, 0.05) is 32.2 Å². The normalized spacial score (nSPS) is 16.5. The lowest BCUT2D eigenvalue weighted by molar-refractivity contribution is -0.110. The molecular formula is C15H21N3O7. The lowest BCUT2D eigenvalue weighted by atomic mass is 10.4. The molecule has 0 fully saturated rings. The molecule has 10 nitrogen and oxygen atoms in total. The van der Waals surface area contributed by atoms with Gasteiger partial charge in [0.1, 0.15) is 25.1 Å². The summed E-state index contributed by atoms with van der Waals surface area (Å²) >= 11 is 0. The Hall–Kier alpha value is -2.62. The standard InChI is InChI=1S/C15H21N3O7/c19-6-1-5-18-14(24-11-3-8-21)16-13(23-10-2-7-20)17-15(18)25-12-4-9-22/h6-9,14H,1-5,10-12H2. The van der Waals surface area contributed by atoms with Crippen molar-refractivity contribution in [3.63, 3.8) is 0 Å². The highest BCUT2D eigenvalue weighted by molar-refractivity contribution is 5.91. The lowest BCUT2D eigenvalue weighted by Gasteiger charge is -2.32. The SMILES string of the molecule is O=CCCOC1=NC(OCCC=O)N(CCC=O)C(OCCC=O)=N1. The molecule has 1 heterocycles. The highest BCUT2D eigenvalue weighted by Gasteiger charge is 2.29. The molecule has 1 atom stereocenters. The van der Waals surface area contributed by atoms with Crippen molar-refractivity contribution in [3.8, 4) is 0 Å². The van der Waals surface area contributed by atoms with E-state index in [9.17, 15) is 19.2 Å². The molecule has 1 rings (SSSR count). The predicted molar refractivity (Wildman–Crippen MR) is 85.9 cm³/mol. The van der Waals surface area contributed by atoms with Crippen molar-refractivity contribution in [2.24, 2.45) is 9.98 Å². The highest BCUT2D eigenvalue weighted by Crippen LogP contribution is 2.14. The highest BCUT2D eigenvalue weighted by atomic mass is 16.6.